The Kier molecular flexibility index (Phi) is 6.81. The smallest absolute Gasteiger partial charge is 0.161 e. The van der Waals surface area contributed by atoms with E-state index in [1.165, 1.54) is 47.9 Å². The van der Waals surface area contributed by atoms with Gasteiger partial charge in [0.15, 0.2) is 5.82 Å². The number of allylic oxidation sites excluding steroid dienone is 1. The number of nitrogens with zero attached hydrogens (tertiary/aromatic N) is 3. The topological polar surface area (TPSA) is 30.7 Å². The quantitative estimate of drug-likeness (QED) is 0.184. The Morgan fingerprint density at radius 1 is 0.540 bits per heavy atom. The molecule has 0 radical (unpaired) electrons. The third-order valence-electron chi connectivity index (χ3n) is 9.87. The third kappa shape index (κ3) is 4.80. The Balaban J connectivity index is 1.26. The summed E-state index contributed by atoms with van der Waals surface area (Å²) in [7, 11) is 0. The fourth-order valence-electron chi connectivity index (χ4n) is 7.53. The van der Waals surface area contributed by atoms with Crippen LogP contribution >= 0.6 is 11.3 Å². The summed E-state index contributed by atoms with van der Waals surface area (Å²) in [5.74, 6) is 0.732. The number of hydrogen-bond acceptors (Lipinski definition) is 3. The van der Waals surface area contributed by atoms with Crippen LogP contribution in [-0.2, 0) is 6.42 Å². The van der Waals surface area contributed by atoms with Gasteiger partial charge in [-0.1, -0.05) is 127 Å². The molecule has 0 saturated carbocycles. The fraction of sp³-hybridized carbons (Fsp3) is 0.0435. The summed E-state index contributed by atoms with van der Waals surface area (Å²) in [5, 5.41) is 3.78. The van der Waals surface area contributed by atoms with Gasteiger partial charge in [-0.15, -0.1) is 11.3 Å². The molecule has 3 nitrogen and oxygen atoms in total. The van der Waals surface area contributed by atoms with Gasteiger partial charge in [0.25, 0.3) is 0 Å². The first-order valence-corrected chi connectivity index (χ1v) is 18.0. The highest BCUT2D eigenvalue weighted by Gasteiger charge is 2.22. The standard InChI is InChI=1S/C46H31N3S/c1-3-14-30(15-4-1)32-18-13-19-33(26-32)41-29-40(31-16-5-2-6-17-31)47-46(48-41)39-28-34(27-38-37-22-9-12-25-44(37)50-45(38)39)49-42-23-10-7-20-35(42)36-21-8-11-24-43(36)49/h1-10,12-23,25-29H,11,24H2. The lowest BCUT2D eigenvalue weighted by atomic mass is 10.0. The van der Waals surface area contributed by atoms with Crippen LogP contribution in [0.25, 0.3) is 87.9 Å². The number of rotatable bonds is 5. The molecule has 3 heterocycles. The first-order valence-electron chi connectivity index (χ1n) is 17.1. The van der Waals surface area contributed by atoms with Crippen molar-refractivity contribution in [3.05, 3.63) is 169 Å². The predicted octanol–water partition coefficient (Wildman–Crippen LogP) is 12.4. The monoisotopic (exact) mass is 657 g/mol. The number of aromatic nitrogens is 3. The molecule has 50 heavy (non-hydrogen) atoms. The Morgan fingerprint density at radius 2 is 1.22 bits per heavy atom. The average molecular weight is 658 g/mol. The van der Waals surface area contributed by atoms with Gasteiger partial charge >= 0.3 is 0 Å². The molecule has 6 aromatic carbocycles. The van der Waals surface area contributed by atoms with Gasteiger partial charge < -0.3 is 4.57 Å². The van der Waals surface area contributed by atoms with E-state index in [2.05, 4.69) is 168 Å². The molecule has 10 rings (SSSR count). The number of fused-ring (bicyclic) bond motifs is 6. The number of thiophene rings is 1. The second-order valence-corrected chi connectivity index (χ2v) is 13.9. The van der Waals surface area contributed by atoms with Crippen LogP contribution in [0.3, 0.4) is 0 Å². The predicted molar refractivity (Wildman–Crippen MR) is 211 cm³/mol. The van der Waals surface area contributed by atoms with E-state index in [1.54, 1.807) is 0 Å². The molecule has 0 aliphatic heterocycles. The van der Waals surface area contributed by atoms with Crippen molar-refractivity contribution in [2.45, 2.75) is 12.8 Å². The van der Waals surface area contributed by atoms with E-state index in [0.717, 1.165) is 58.0 Å². The van der Waals surface area contributed by atoms with E-state index in [1.807, 2.05) is 11.3 Å². The molecular weight excluding hydrogens is 627 g/mol. The van der Waals surface area contributed by atoms with Crippen LogP contribution in [0.1, 0.15) is 17.7 Å². The van der Waals surface area contributed by atoms with Crippen LogP contribution in [0, 0.1) is 0 Å². The van der Waals surface area contributed by atoms with E-state index < -0.39 is 0 Å². The molecule has 0 unspecified atom stereocenters. The average Bonchev–Trinajstić information content (AvgIpc) is 3.74. The van der Waals surface area contributed by atoms with E-state index >= 15 is 0 Å². The minimum absolute atomic E-state index is 0.732. The Morgan fingerprint density at radius 3 is 2.06 bits per heavy atom. The SMILES string of the molecule is C1=Cc2c(n(-c3cc(-c4nc(-c5ccccc5)cc(-c5cccc(-c6ccccc6)c5)n4)c4sc5ccccc5c4c3)c3ccccc23)CC1. The second-order valence-electron chi connectivity index (χ2n) is 12.9. The minimum Gasteiger partial charge on any atom is -0.313 e. The Hall–Kier alpha value is -6.10. The first-order chi connectivity index (χ1) is 24.8. The largest absolute Gasteiger partial charge is 0.313 e. The lowest BCUT2D eigenvalue weighted by molar-refractivity contribution is 0.889. The highest BCUT2D eigenvalue weighted by atomic mass is 32.1. The van der Waals surface area contributed by atoms with Crippen LogP contribution in [0.15, 0.2) is 158 Å². The minimum atomic E-state index is 0.732. The highest BCUT2D eigenvalue weighted by Crippen LogP contribution is 2.43. The maximum atomic E-state index is 5.40. The Labute approximate surface area is 294 Å². The molecule has 0 spiro atoms. The molecule has 9 aromatic rings. The summed E-state index contributed by atoms with van der Waals surface area (Å²) in [6.07, 6.45) is 6.64. The normalized spacial score (nSPS) is 12.6. The summed E-state index contributed by atoms with van der Waals surface area (Å²) >= 11 is 1.82. The van der Waals surface area contributed by atoms with Crippen molar-refractivity contribution in [1.29, 1.82) is 0 Å². The first kappa shape index (κ1) is 28.9. The molecule has 0 amide bonds. The number of benzene rings is 6. The molecule has 4 heteroatoms. The summed E-state index contributed by atoms with van der Waals surface area (Å²) in [6.45, 7) is 0. The molecular formula is C46H31N3S. The van der Waals surface area contributed by atoms with Crippen molar-refractivity contribution < 1.29 is 0 Å². The molecule has 0 N–H and O–H groups in total. The van der Waals surface area contributed by atoms with Crippen LogP contribution in [0.4, 0.5) is 0 Å². The zero-order valence-electron chi connectivity index (χ0n) is 27.3. The van der Waals surface area contributed by atoms with Crippen molar-refractivity contribution in [2.24, 2.45) is 0 Å². The van der Waals surface area contributed by atoms with Crippen molar-refractivity contribution in [2.75, 3.05) is 0 Å². The van der Waals surface area contributed by atoms with Gasteiger partial charge in [0.2, 0.25) is 0 Å². The van der Waals surface area contributed by atoms with Crippen LogP contribution in [0.5, 0.6) is 0 Å². The van der Waals surface area contributed by atoms with E-state index in [0.29, 0.717) is 0 Å². The molecule has 0 atom stereocenters. The maximum Gasteiger partial charge on any atom is 0.161 e. The number of para-hydroxylation sites is 1. The van der Waals surface area contributed by atoms with E-state index in [-0.39, 0.29) is 0 Å². The molecule has 1 aliphatic rings. The van der Waals surface area contributed by atoms with Gasteiger partial charge in [-0.3, -0.25) is 0 Å². The zero-order valence-corrected chi connectivity index (χ0v) is 28.1. The van der Waals surface area contributed by atoms with Crippen molar-refractivity contribution in [1.82, 2.24) is 14.5 Å². The van der Waals surface area contributed by atoms with Crippen molar-refractivity contribution >= 4 is 48.5 Å². The van der Waals surface area contributed by atoms with Gasteiger partial charge in [-0.2, -0.15) is 0 Å². The lowest BCUT2D eigenvalue weighted by Crippen LogP contribution is -2.04. The molecule has 3 aromatic heterocycles. The summed E-state index contributed by atoms with van der Waals surface area (Å²) < 4.78 is 4.95. The number of hydrogen-bond donors (Lipinski definition) is 0. The van der Waals surface area contributed by atoms with Crippen LogP contribution in [-0.4, -0.2) is 14.5 Å². The molecule has 0 saturated heterocycles. The van der Waals surface area contributed by atoms with Crippen LogP contribution in [0.2, 0.25) is 0 Å². The summed E-state index contributed by atoms with van der Waals surface area (Å²) in [5.41, 5.74) is 12.4. The highest BCUT2D eigenvalue weighted by molar-refractivity contribution is 7.26. The second kappa shape index (κ2) is 11.8. The molecule has 236 valence electrons. The van der Waals surface area contributed by atoms with E-state index in [4.69, 9.17) is 9.97 Å². The molecule has 0 fully saturated rings. The molecule has 0 bridgehead atoms. The summed E-state index contributed by atoms with van der Waals surface area (Å²) in [6, 6.07) is 54.1. The van der Waals surface area contributed by atoms with Gasteiger partial charge in [-0.25, -0.2) is 9.97 Å². The zero-order chi connectivity index (χ0) is 33.0. The van der Waals surface area contributed by atoms with Crippen LogP contribution < -0.4 is 0 Å². The van der Waals surface area contributed by atoms with Crippen molar-refractivity contribution in [3.63, 3.8) is 0 Å². The lowest BCUT2D eigenvalue weighted by Gasteiger charge is -2.16. The fourth-order valence-corrected chi connectivity index (χ4v) is 8.73. The van der Waals surface area contributed by atoms with Gasteiger partial charge in [-0.05, 0) is 60.4 Å². The van der Waals surface area contributed by atoms with Gasteiger partial charge in [0, 0.05) is 59.2 Å². The molecule has 1 aliphatic carbocycles. The third-order valence-corrected chi connectivity index (χ3v) is 11.1. The van der Waals surface area contributed by atoms with Crippen molar-refractivity contribution in [3.8, 4) is 50.7 Å². The Bertz CT molecular complexity index is 2750. The van der Waals surface area contributed by atoms with E-state index in [9.17, 15) is 0 Å². The van der Waals surface area contributed by atoms with Gasteiger partial charge in [0.1, 0.15) is 0 Å². The van der Waals surface area contributed by atoms with Gasteiger partial charge in [0.05, 0.1) is 16.9 Å². The maximum absolute atomic E-state index is 5.40. The summed E-state index contributed by atoms with van der Waals surface area (Å²) in [4.78, 5) is 10.7.